The zero-order chi connectivity index (χ0) is 16.7. The Bertz CT molecular complexity index is 563. The van der Waals surface area contributed by atoms with Crippen LogP contribution in [0.3, 0.4) is 0 Å². The molecule has 124 valence electrons. The lowest BCUT2D eigenvalue weighted by molar-refractivity contribution is -0.130. The van der Waals surface area contributed by atoms with Gasteiger partial charge >= 0.3 is 0 Å². The molecule has 2 amide bonds. The van der Waals surface area contributed by atoms with Crippen molar-refractivity contribution >= 4 is 17.5 Å². The lowest BCUT2D eigenvalue weighted by Crippen LogP contribution is -2.46. The topological polar surface area (TPSA) is 93.5 Å². The summed E-state index contributed by atoms with van der Waals surface area (Å²) in [5.74, 6) is -0.266. The molecule has 1 saturated heterocycles. The second-order valence-corrected chi connectivity index (χ2v) is 5.63. The van der Waals surface area contributed by atoms with Gasteiger partial charge in [0.25, 0.3) is 5.91 Å². The third-order valence-corrected chi connectivity index (χ3v) is 4.13. The van der Waals surface area contributed by atoms with Crippen LogP contribution in [0.4, 0.5) is 5.69 Å². The number of anilines is 1. The van der Waals surface area contributed by atoms with Crippen molar-refractivity contribution in [1.29, 1.82) is 0 Å². The van der Waals surface area contributed by atoms with Crippen LogP contribution < -0.4 is 16.4 Å². The summed E-state index contributed by atoms with van der Waals surface area (Å²) in [4.78, 5) is 24.3. The van der Waals surface area contributed by atoms with Crippen LogP contribution in [0.15, 0.2) is 36.9 Å². The monoisotopic (exact) mass is 317 g/mol. The standard InChI is InChI=1S/C17H23N3O3/c1-2-9-19-15(21)13-3-5-14(6-4-13)20-16(22)17(12-18)7-10-23-11-8-17/h2-6H,1,7-12,18H2,(H,19,21)(H,20,22). The zero-order valence-electron chi connectivity index (χ0n) is 13.1. The third-order valence-electron chi connectivity index (χ3n) is 4.13. The van der Waals surface area contributed by atoms with Gasteiger partial charge in [0.05, 0.1) is 5.41 Å². The van der Waals surface area contributed by atoms with Gasteiger partial charge < -0.3 is 21.1 Å². The van der Waals surface area contributed by atoms with E-state index in [1.165, 1.54) is 0 Å². The van der Waals surface area contributed by atoms with Crippen LogP contribution in [-0.2, 0) is 9.53 Å². The first-order chi connectivity index (χ1) is 11.1. The van der Waals surface area contributed by atoms with E-state index in [1.54, 1.807) is 30.3 Å². The molecule has 1 fully saturated rings. The number of ether oxygens (including phenoxy) is 1. The molecule has 6 nitrogen and oxygen atoms in total. The zero-order valence-corrected chi connectivity index (χ0v) is 13.1. The summed E-state index contributed by atoms with van der Waals surface area (Å²) in [6.45, 7) is 5.36. The Morgan fingerprint density at radius 1 is 1.26 bits per heavy atom. The SMILES string of the molecule is C=CCNC(=O)c1ccc(NC(=O)C2(CN)CCOCC2)cc1. The Labute approximate surface area is 136 Å². The van der Waals surface area contributed by atoms with Crippen LogP contribution in [0, 0.1) is 5.41 Å². The predicted molar refractivity (Wildman–Crippen MR) is 89.1 cm³/mol. The number of nitrogens with two attached hydrogens (primary N) is 1. The highest BCUT2D eigenvalue weighted by atomic mass is 16.5. The van der Waals surface area contributed by atoms with Crippen LogP contribution in [0.5, 0.6) is 0 Å². The molecule has 4 N–H and O–H groups in total. The van der Waals surface area contributed by atoms with E-state index in [9.17, 15) is 9.59 Å². The van der Waals surface area contributed by atoms with E-state index in [4.69, 9.17) is 10.5 Å². The van der Waals surface area contributed by atoms with Crippen molar-refractivity contribution in [1.82, 2.24) is 5.32 Å². The number of carbonyl (C=O) groups excluding carboxylic acids is 2. The highest BCUT2D eigenvalue weighted by Crippen LogP contribution is 2.30. The summed E-state index contributed by atoms with van der Waals surface area (Å²) in [5.41, 5.74) is 6.43. The number of nitrogens with one attached hydrogen (secondary N) is 2. The fourth-order valence-corrected chi connectivity index (χ4v) is 2.52. The van der Waals surface area contributed by atoms with Gasteiger partial charge in [-0.2, -0.15) is 0 Å². The fourth-order valence-electron chi connectivity index (χ4n) is 2.52. The molecule has 6 heteroatoms. The molecule has 0 saturated carbocycles. The van der Waals surface area contributed by atoms with Crippen LogP contribution in [0.25, 0.3) is 0 Å². The number of rotatable bonds is 6. The van der Waals surface area contributed by atoms with Crippen molar-refractivity contribution in [3.8, 4) is 0 Å². The number of hydrogen-bond donors (Lipinski definition) is 3. The van der Waals surface area contributed by atoms with Gasteiger partial charge in [-0.05, 0) is 37.1 Å². The Morgan fingerprint density at radius 2 is 1.91 bits per heavy atom. The van der Waals surface area contributed by atoms with E-state index in [0.29, 0.717) is 50.4 Å². The van der Waals surface area contributed by atoms with E-state index in [1.807, 2.05) is 0 Å². The molecule has 1 aliphatic rings. The van der Waals surface area contributed by atoms with Gasteiger partial charge in [0, 0.05) is 37.6 Å². The molecular weight excluding hydrogens is 294 g/mol. The summed E-state index contributed by atoms with van der Waals surface area (Å²) in [6.07, 6.45) is 2.86. The number of hydrogen-bond acceptors (Lipinski definition) is 4. The maximum Gasteiger partial charge on any atom is 0.251 e. The van der Waals surface area contributed by atoms with E-state index in [0.717, 1.165) is 0 Å². The van der Waals surface area contributed by atoms with Gasteiger partial charge in [0.2, 0.25) is 5.91 Å². The van der Waals surface area contributed by atoms with Crippen LogP contribution >= 0.6 is 0 Å². The minimum Gasteiger partial charge on any atom is -0.381 e. The fraction of sp³-hybridized carbons (Fsp3) is 0.412. The Balaban J connectivity index is 2.01. The normalized spacial score (nSPS) is 16.4. The molecule has 1 aromatic carbocycles. The van der Waals surface area contributed by atoms with Gasteiger partial charge in [-0.3, -0.25) is 9.59 Å². The van der Waals surface area contributed by atoms with E-state index < -0.39 is 5.41 Å². The average Bonchev–Trinajstić information content (AvgIpc) is 2.60. The summed E-state index contributed by atoms with van der Waals surface area (Å²) in [6, 6.07) is 6.77. The highest BCUT2D eigenvalue weighted by Gasteiger charge is 2.38. The summed E-state index contributed by atoms with van der Waals surface area (Å²) in [7, 11) is 0. The van der Waals surface area contributed by atoms with Gasteiger partial charge in [-0.1, -0.05) is 6.08 Å². The van der Waals surface area contributed by atoms with E-state index in [2.05, 4.69) is 17.2 Å². The van der Waals surface area contributed by atoms with Crippen molar-refractivity contribution < 1.29 is 14.3 Å². The summed E-state index contributed by atoms with van der Waals surface area (Å²) in [5, 5.41) is 5.59. The maximum atomic E-state index is 12.5. The minimum absolute atomic E-state index is 0.0906. The molecule has 0 aromatic heterocycles. The molecule has 0 bridgehead atoms. The lowest BCUT2D eigenvalue weighted by atomic mass is 9.79. The molecule has 0 unspecified atom stereocenters. The molecule has 1 aromatic rings. The van der Waals surface area contributed by atoms with Crippen molar-refractivity contribution in [3.05, 3.63) is 42.5 Å². The Hall–Kier alpha value is -2.18. The van der Waals surface area contributed by atoms with Crippen molar-refractivity contribution in [2.75, 3.05) is 31.6 Å². The second-order valence-electron chi connectivity index (χ2n) is 5.63. The van der Waals surface area contributed by atoms with Crippen molar-refractivity contribution in [2.24, 2.45) is 11.1 Å². The van der Waals surface area contributed by atoms with Gasteiger partial charge in [-0.15, -0.1) is 6.58 Å². The highest BCUT2D eigenvalue weighted by molar-refractivity contribution is 5.97. The number of benzene rings is 1. The minimum atomic E-state index is -0.571. The molecule has 0 spiro atoms. The molecule has 0 atom stereocenters. The molecule has 0 radical (unpaired) electrons. The van der Waals surface area contributed by atoms with Crippen LogP contribution in [0.1, 0.15) is 23.2 Å². The first-order valence-corrected chi connectivity index (χ1v) is 7.70. The largest absolute Gasteiger partial charge is 0.381 e. The average molecular weight is 317 g/mol. The second kappa shape index (κ2) is 7.89. The van der Waals surface area contributed by atoms with Gasteiger partial charge in [0.1, 0.15) is 0 Å². The molecular formula is C17H23N3O3. The van der Waals surface area contributed by atoms with Crippen molar-refractivity contribution in [2.45, 2.75) is 12.8 Å². The van der Waals surface area contributed by atoms with Crippen LogP contribution in [0.2, 0.25) is 0 Å². The summed E-state index contributed by atoms with van der Waals surface area (Å²) < 4.78 is 5.31. The molecule has 1 aliphatic heterocycles. The van der Waals surface area contributed by atoms with Crippen LogP contribution in [-0.4, -0.2) is 38.1 Å². The van der Waals surface area contributed by atoms with E-state index >= 15 is 0 Å². The molecule has 0 aliphatic carbocycles. The first-order valence-electron chi connectivity index (χ1n) is 7.70. The van der Waals surface area contributed by atoms with Gasteiger partial charge in [-0.25, -0.2) is 0 Å². The number of amides is 2. The Kier molecular flexibility index (Phi) is 5.90. The van der Waals surface area contributed by atoms with E-state index in [-0.39, 0.29) is 11.8 Å². The van der Waals surface area contributed by atoms with Gasteiger partial charge in [0.15, 0.2) is 0 Å². The third kappa shape index (κ3) is 4.18. The Morgan fingerprint density at radius 3 is 2.48 bits per heavy atom. The molecule has 1 heterocycles. The smallest absolute Gasteiger partial charge is 0.251 e. The quantitative estimate of drug-likeness (QED) is 0.689. The lowest BCUT2D eigenvalue weighted by Gasteiger charge is -2.34. The summed E-state index contributed by atoms with van der Waals surface area (Å²) >= 11 is 0. The predicted octanol–water partition coefficient (Wildman–Crippen LogP) is 1.30. The molecule has 23 heavy (non-hydrogen) atoms. The maximum absolute atomic E-state index is 12.5. The first kappa shape index (κ1) is 17.2. The molecule has 2 rings (SSSR count). The van der Waals surface area contributed by atoms with Crippen molar-refractivity contribution in [3.63, 3.8) is 0 Å². The number of carbonyl (C=O) groups is 2.